The molecule has 0 aliphatic rings. The number of hydrogen-bond donors (Lipinski definition) is 1. The van der Waals surface area contributed by atoms with Gasteiger partial charge in [0, 0.05) is 20.1 Å². The first-order valence-corrected chi connectivity index (χ1v) is 7.31. The Balaban J connectivity index is 2.55. The van der Waals surface area contributed by atoms with E-state index in [1.807, 2.05) is 6.92 Å². The zero-order valence-corrected chi connectivity index (χ0v) is 13.4. The number of hydrogen-bond acceptors (Lipinski definition) is 5. The van der Waals surface area contributed by atoms with Gasteiger partial charge in [0.2, 0.25) is 0 Å². The molecule has 5 nitrogen and oxygen atoms in total. The average Bonchev–Trinajstić information content (AvgIpc) is 2.40. The number of nitrogens with one attached hydrogen (secondary N) is 1. The smallest absolute Gasteiger partial charge is 0.144 e. The van der Waals surface area contributed by atoms with E-state index in [9.17, 15) is 0 Å². The molecule has 0 saturated carbocycles. The quantitative estimate of drug-likeness (QED) is 0.705. The van der Waals surface area contributed by atoms with Crippen molar-refractivity contribution >= 4 is 21.7 Å². The van der Waals surface area contributed by atoms with E-state index < -0.39 is 0 Å². The van der Waals surface area contributed by atoms with E-state index in [0.717, 1.165) is 34.8 Å². The second-order valence-electron chi connectivity index (χ2n) is 4.17. The van der Waals surface area contributed by atoms with Gasteiger partial charge in [-0.25, -0.2) is 9.97 Å². The third-order valence-corrected chi connectivity index (χ3v) is 3.46. The summed E-state index contributed by atoms with van der Waals surface area (Å²) < 4.78 is 11.3. The van der Waals surface area contributed by atoms with Gasteiger partial charge in [0.25, 0.3) is 0 Å². The van der Waals surface area contributed by atoms with E-state index in [1.165, 1.54) is 0 Å². The van der Waals surface area contributed by atoms with E-state index >= 15 is 0 Å². The predicted molar refractivity (Wildman–Crippen MR) is 79.6 cm³/mol. The van der Waals surface area contributed by atoms with Crippen LogP contribution in [0.25, 0.3) is 0 Å². The number of methoxy groups -OCH3 is 1. The lowest BCUT2D eigenvalue weighted by molar-refractivity contribution is 0.0716. The Kier molecular flexibility index (Phi) is 7.93. The summed E-state index contributed by atoms with van der Waals surface area (Å²) in [6, 6.07) is 0. The van der Waals surface area contributed by atoms with Crippen LogP contribution in [0.15, 0.2) is 4.47 Å². The van der Waals surface area contributed by atoms with Gasteiger partial charge in [0.1, 0.15) is 11.6 Å². The maximum absolute atomic E-state index is 5.43. The molecule has 0 aliphatic carbocycles. The first-order chi connectivity index (χ1) is 9.19. The number of ether oxygens (including phenoxy) is 2. The highest BCUT2D eigenvalue weighted by Gasteiger charge is 2.08. The topological polar surface area (TPSA) is 56.3 Å². The molecule has 0 radical (unpaired) electrons. The summed E-state index contributed by atoms with van der Waals surface area (Å²) in [5, 5.41) is 3.30. The fraction of sp³-hybridized carbons (Fsp3) is 0.692. The molecule has 0 unspecified atom stereocenters. The average molecular weight is 332 g/mol. The second kappa shape index (κ2) is 9.23. The first kappa shape index (κ1) is 16.3. The zero-order chi connectivity index (χ0) is 14.1. The monoisotopic (exact) mass is 331 g/mol. The molecular weight excluding hydrogens is 310 g/mol. The van der Waals surface area contributed by atoms with Crippen molar-refractivity contribution in [2.45, 2.75) is 26.7 Å². The lowest BCUT2D eigenvalue weighted by Gasteiger charge is -2.10. The Bertz CT molecular complexity index is 388. The van der Waals surface area contributed by atoms with Crippen LogP contribution in [0, 0.1) is 6.92 Å². The lowest BCUT2D eigenvalue weighted by Crippen LogP contribution is -2.10. The van der Waals surface area contributed by atoms with Gasteiger partial charge in [-0.3, -0.25) is 0 Å². The minimum Gasteiger partial charge on any atom is -0.382 e. The summed E-state index contributed by atoms with van der Waals surface area (Å²) in [7, 11) is 1.66. The van der Waals surface area contributed by atoms with Gasteiger partial charge >= 0.3 is 0 Å². The van der Waals surface area contributed by atoms with Crippen molar-refractivity contribution in [3.05, 3.63) is 16.0 Å². The zero-order valence-electron chi connectivity index (χ0n) is 11.8. The van der Waals surface area contributed by atoms with Gasteiger partial charge in [0.15, 0.2) is 0 Å². The molecule has 6 heteroatoms. The molecule has 1 aromatic heterocycles. The summed E-state index contributed by atoms with van der Waals surface area (Å²) in [5.74, 6) is 1.66. The van der Waals surface area contributed by atoms with Crippen LogP contribution in [0.1, 0.15) is 24.9 Å². The second-order valence-corrected chi connectivity index (χ2v) is 4.96. The van der Waals surface area contributed by atoms with Crippen LogP contribution < -0.4 is 5.32 Å². The Morgan fingerprint density at radius 3 is 2.68 bits per heavy atom. The molecule has 1 N–H and O–H groups in total. The molecule has 0 fully saturated rings. The lowest BCUT2D eigenvalue weighted by atomic mass is 10.3. The van der Waals surface area contributed by atoms with Crippen LogP contribution in [0.3, 0.4) is 0 Å². The molecular formula is C13H22BrN3O2. The largest absolute Gasteiger partial charge is 0.382 e. The highest BCUT2D eigenvalue weighted by molar-refractivity contribution is 9.10. The van der Waals surface area contributed by atoms with E-state index in [2.05, 4.69) is 38.1 Å². The van der Waals surface area contributed by atoms with Crippen LogP contribution in [-0.2, 0) is 15.9 Å². The minimum atomic E-state index is 0.604. The number of rotatable bonds is 9. The van der Waals surface area contributed by atoms with Crippen molar-refractivity contribution in [3.8, 4) is 0 Å². The van der Waals surface area contributed by atoms with Crippen LogP contribution in [0.4, 0.5) is 5.82 Å². The van der Waals surface area contributed by atoms with E-state index in [-0.39, 0.29) is 0 Å². The maximum Gasteiger partial charge on any atom is 0.144 e. The fourth-order valence-electron chi connectivity index (χ4n) is 1.50. The summed E-state index contributed by atoms with van der Waals surface area (Å²) >= 11 is 3.51. The highest BCUT2D eigenvalue weighted by Crippen LogP contribution is 2.23. The number of halogens is 1. The van der Waals surface area contributed by atoms with Crippen LogP contribution >= 0.6 is 15.9 Å². The normalized spacial score (nSPS) is 10.7. The Hall–Kier alpha value is -0.720. The predicted octanol–water partition coefficient (Wildman–Crippen LogP) is 2.57. The fourth-order valence-corrected chi connectivity index (χ4v) is 1.81. The summed E-state index contributed by atoms with van der Waals surface area (Å²) in [6.45, 7) is 6.82. The third-order valence-electron chi connectivity index (χ3n) is 2.51. The molecule has 0 atom stereocenters. The van der Waals surface area contributed by atoms with Crippen molar-refractivity contribution in [2.24, 2.45) is 0 Å². The molecule has 1 heterocycles. The SMILES string of the molecule is CCCNc1nc(CCOCCOC)nc(C)c1Br. The number of aryl methyl sites for hydroxylation is 1. The van der Waals surface area contributed by atoms with Crippen LogP contribution in [0.2, 0.25) is 0 Å². The number of nitrogens with zero attached hydrogens (tertiary/aromatic N) is 2. The van der Waals surface area contributed by atoms with Gasteiger partial charge in [-0.1, -0.05) is 6.92 Å². The van der Waals surface area contributed by atoms with E-state index in [1.54, 1.807) is 7.11 Å². The Labute approximate surface area is 123 Å². The van der Waals surface area contributed by atoms with Gasteiger partial charge in [-0.2, -0.15) is 0 Å². The van der Waals surface area contributed by atoms with Gasteiger partial charge < -0.3 is 14.8 Å². The van der Waals surface area contributed by atoms with Gasteiger partial charge in [-0.15, -0.1) is 0 Å². The maximum atomic E-state index is 5.43. The molecule has 1 rings (SSSR count). The summed E-state index contributed by atoms with van der Waals surface area (Å²) in [4.78, 5) is 8.96. The molecule has 0 aromatic carbocycles. The number of anilines is 1. The van der Waals surface area contributed by atoms with E-state index in [0.29, 0.717) is 26.2 Å². The molecule has 0 bridgehead atoms. The molecule has 0 aliphatic heterocycles. The molecule has 108 valence electrons. The third kappa shape index (κ3) is 5.84. The van der Waals surface area contributed by atoms with E-state index in [4.69, 9.17) is 9.47 Å². The Morgan fingerprint density at radius 1 is 1.21 bits per heavy atom. The first-order valence-electron chi connectivity index (χ1n) is 6.52. The van der Waals surface area contributed by atoms with Crippen LogP contribution in [-0.4, -0.2) is 43.4 Å². The molecule has 19 heavy (non-hydrogen) atoms. The molecule has 0 saturated heterocycles. The summed E-state index contributed by atoms with van der Waals surface area (Å²) in [6.07, 6.45) is 1.77. The molecule has 0 amide bonds. The van der Waals surface area contributed by atoms with Crippen molar-refractivity contribution < 1.29 is 9.47 Å². The number of aromatic nitrogens is 2. The van der Waals surface area contributed by atoms with Crippen LogP contribution in [0.5, 0.6) is 0 Å². The highest BCUT2D eigenvalue weighted by atomic mass is 79.9. The summed E-state index contributed by atoms with van der Waals surface area (Å²) in [5.41, 5.74) is 0.945. The minimum absolute atomic E-state index is 0.604. The van der Waals surface area contributed by atoms with Gasteiger partial charge in [-0.05, 0) is 29.3 Å². The molecule has 1 aromatic rings. The van der Waals surface area contributed by atoms with Crippen molar-refractivity contribution in [3.63, 3.8) is 0 Å². The van der Waals surface area contributed by atoms with Gasteiger partial charge in [0.05, 0.1) is 30.0 Å². The van der Waals surface area contributed by atoms with Crippen molar-refractivity contribution in [1.29, 1.82) is 0 Å². The van der Waals surface area contributed by atoms with Crippen molar-refractivity contribution in [2.75, 3.05) is 38.8 Å². The standard InChI is InChI=1S/C13H22BrN3O2/c1-4-6-15-13-12(14)10(2)16-11(17-13)5-7-19-9-8-18-3/h4-9H2,1-3H3,(H,15,16,17). The molecule has 0 spiro atoms. The Morgan fingerprint density at radius 2 is 2.00 bits per heavy atom. The van der Waals surface area contributed by atoms with Crippen molar-refractivity contribution in [1.82, 2.24) is 9.97 Å².